The summed E-state index contributed by atoms with van der Waals surface area (Å²) in [5.41, 5.74) is 3.10. The molecule has 6 nitrogen and oxygen atoms in total. The van der Waals surface area contributed by atoms with Crippen LogP contribution in [0.4, 0.5) is 5.69 Å². The summed E-state index contributed by atoms with van der Waals surface area (Å²) in [5, 5.41) is 2.76. The molecule has 0 fully saturated rings. The lowest BCUT2D eigenvalue weighted by atomic mass is 10.1. The molecular weight excluding hydrogens is 394 g/mol. The van der Waals surface area contributed by atoms with Crippen molar-refractivity contribution < 1.29 is 23.9 Å². The molecular formula is C25H31NO5. The van der Waals surface area contributed by atoms with Crippen LogP contribution in [0.5, 0.6) is 5.75 Å². The van der Waals surface area contributed by atoms with Crippen LogP contribution in [0.1, 0.15) is 60.5 Å². The van der Waals surface area contributed by atoms with E-state index in [4.69, 9.17) is 9.47 Å². The third kappa shape index (κ3) is 8.24. The molecule has 1 N–H and O–H groups in total. The molecule has 0 aliphatic heterocycles. The van der Waals surface area contributed by atoms with Crippen molar-refractivity contribution in [3.63, 3.8) is 0 Å². The highest BCUT2D eigenvalue weighted by Gasteiger charge is 2.13. The van der Waals surface area contributed by atoms with E-state index in [0.717, 1.165) is 41.8 Å². The van der Waals surface area contributed by atoms with Crippen LogP contribution in [0.2, 0.25) is 0 Å². The van der Waals surface area contributed by atoms with E-state index in [1.165, 1.54) is 0 Å². The van der Waals surface area contributed by atoms with Crippen molar-refractivity contribution in [1.29, 1.82) is 0 Å². The monoisotopic (exact) mass is 425 g/mol. The minimum atomic E-state index is -0.583. The van der Waals surface area contributed by atoms with Gasteiger partial charge in [-0.1, -0.05) is 38.0 Å². The molecule has 6 heteroatoms. The number of anilines is 1. The van der Waals surface area contributed by atoms with Gasteiger partial charge in [-0.25, -0.2) is 0 Å². The number of hydrogen-bond donors (Lipinski definition) is 1. The summed E-state index contributed by atoms with van der Waals surface area (Å²) in [4.78, 5) is 36.3. The van der Waals surface area contributed by atoms with Crippen LogP contribution in [0.25, 0.3) is 0 Å². The molecule has 0 bridgehead atoms. The van der Waals surface area contributed by atoms with Gasteiger partial charge in [0.1, 0.15) is 5.75 Å². The molecule has 2 rings (SSSR count). The Morgan fingerprint density at radius 2 is 1.58 bits per heavy atom. The Balaban J connectivity index is 1.71. The first kappa shape index (κ1) is 24.1. The number of carbonyl (C=O) groups is 3. The molecule has 0 aliphatic rings. The van der Waals surface area contributed by atoms with Gasteiger partial charge in [0.05, 0.1) is 13.0 Å². The fourth-order valence-corrected chi connectivity index (χ4v) is 3.04. The molecule has 2 aromatic rings. The van der Waals surface area contributed by atoms with Gasteiger partial charge in [-0.05, 0) is 55.7 Å². The lowest BCUT2D eigenvalue weighted by Crippen LogP contribution is -2.22. The number of para-hydroxylation sites is 1. The molecule has 0 atom stereocenters. The van der Waals surface area contributed by atoms with E-state index in [0.29, 0.717) is 12.2 Å². The zero-order valence-electron chi connectivity index (χ0n) is 18.5. The van der Waals surface area contributed by atoms with Crippen LogP contribution < -0.4 is 10.1 Å². The normalized spacial score (nSPS) is 10.4. The minimum absolute atomic E-state index is 0.0219. The number of Topliss-reactive ketones (excluding diaryl/α,β-unsaturated/α-hetero) is 1. The number of ether oxygens (including phenoxy) is 2. The average molecular weight is 426 g/mol. The maximum atomic E-state index is 12.3. The molecule has 1 amide bonds. The maximum Gasteiger partial charge on any atom is 0.306 e. The van der Waals surface area contributed by atoms with Crippen molar-refractivity contribution in [3.05, 3.63) is 59.2 Å². The molecule has 0 aromatic heterocycles. The highest BCUT2D eigenvalue weighted by atomic mass is 16.5. The fraction of sp³-hybridized carbons (Fsp3) is 0.400. The van der Waals surface area contributed by atoms with Gasteiger partial charge in [0.25, 0.3) is 5.91 Å². The zero-order valence-corrected chi connectivity index (χ0v) is 18.5. The average Bonchev–Trinajstić information content (AvgIpc) is 2.76. The summed E-state index contributed by atoms with van der Waals surface area (Å²) in [6, 6.07) is 12.6. The SMILES string of the molecule is CCCCCOc1ccc(C(=O)CCC(=O)OCC(=O)Nc2c(C)cccc2C)cc1. The summed E-state index contributed by atoms with van der Waals surface area (Å²) < 4.78 is 10.6. The van der Waals surface area contributed by atoms with Crippen LogP contribution >= 0.6 is 0 Å². The Bertz CT molecular complexity index is 869. The van der Waals surface area contributed by atoms with Crippen LogP contribution in [-0.2, 0) is 14.3 Å². The molecule has 0 radical (unpaired) electrons. The Morgan fingerprint density at radius 3 is 2.23 bits per heavy atom. The van der Waals surface area contributed by atoms with Gasteiger partial charge in [0.15, 0.2) is 12.4 Å². The predicted molar refractivity (Wildman–Crippen MR) is 121 cm³/mol. The number of amides is 1. The summed E-state index contributed by atoms with van der Waals surface area (Å²) >= 11 is 0. The van der Waals surface area contributed by atoms with E-state index >= 15 is 0 Å². The van der Waals surface area contributed by atoms with Gasteiger partial charge in [0, 0.05) is 17.7 Å². The van der Waals surface area contributed by atoms with E-state index in [2.05, 4.69) is 12.2 Å². The van der Waals surface area contributed by atoms with Crippen LogP contribution in [0.3, 0.4) is 0 Å². The van der Waals surface area contributed by atoms with Crippen LogP contribution in [0.15, 0.2) is 42.5 Å². The number of hydrogen-bond acceptors (Lipinski definition) is 5. The second-order valence-corrected chi connectivity index (χ2v) is 7.48. The first-order valence-corrected chi connectivity index (χ1v) is 10.7. The molecule has 0 aliphatic carbocycles. The van der Waals surface area contributed by atoms with Crippen molar-refractivity contribution in [2.75, 3.05) is 18.5 Å². The quantitative estimate of drug-likeness (QED) is 0.293. The van der Waals surface area contributed by atoms with Gasteiger partial charge in [-0.3, -0.25) is 14.4 Å². The van der Waals surface area contributed by atoms with E-state index in [-0.39, 0.29) is 25.2 Å². The van der Waals surface area contributed by atoms with Crippen molar-refractivity contribution in [1.82, 2.24) is 0 Å². The third-order valence-corrected chi connectivity index (χ3v) is 4.86. The first-order chi connectivity index (χ1) is 14.9. The standard InChI is InChI=1S/C25H31NO5/c1-4-5-6-16-30-21-12-10-20(11-13-21)22(27)14-15-24(29)31-17-23(28)26-25-18(2)8-7-9-19(25)3/h7-13H,4-6,14-17H2,1-3H3,(H,26,28). The highest BCUT2D eigenvalue weighted by Crippen LogP contribution is 2.19. The van der Waals surface area contributed by atoms with Crippen LogP contribution in [0, 0.1) is 13.8 Å². The number of carbonyl (C=O) groups excluding carboxylic acids is 3. The van der Waals surface area contributed by atoms with E-state index in [1.54, 1.807) is 24.3 Å². The Labute approximate surface area is 183 Å². The van der Waals surface area contributed by atoms with Crippen molar-refractivity contribution in [3.8, 4) is 5.75 Å². The maximum absolute atomic E-state index is 12.3. The largest absolute Gasteiger partial charge is 0.494 e. The predicted octanol–water partition coefficient (Wildman–Crippen LogP) is 5.02. The van der Waals surface area contributed by atoms with Crippen LogP contribution in [-0.4, -0.2) is 30.9 Å². The third-order valence-electron chi connectivity index (χ3n) is 4.86. The lowest BCUT2D eigenvalue weighted by molar-refractivity contribution is -0.147. The molecule has 0 unspecified atom stereocenters. The zero-order chi connectivity index (χ0) is 22.6. The topological polar surface area (TPSA) is 81.7 Å². The molecule has 2 aromatic carbocycles. The highest BCUT2D eigenvalue weighted by molar-refractivity contribution is 5.98. The number of unbranched alkanes of at least 4 members (excludes halogenated alkanes) is 2. The number of nitrogens with one attached hydrogen (secondary N) is 1. The van der Waals surface area contributed by atoms with Gasteiger partial charge in [0.2, 0.25) is 0 Å². The number of aryl methyl sites for hydroxylation is 2. The van der Waals surface area contributed by atoms with Gasteiger partial charge in [-0.15, -0.1) is 0 Å². The molecule has 166 valence electrons. The molecule has 0 spiro atoms. The first-order valence-electron chi connectivity index (χ1n) is 10.7. The van der Waals surface area contributed by atoms with E-state index < -0.39 is 11.9 Å². The summed E-state index contributed by atoms with van der Waals surface area (Å²) in [6.45, 7) is 6.20. The minimum Gasteiger partial charge on any atom is -0.494 e. The van der Waals surface area contributed by atoms with Gasteiger partial charge < -0.3 is 14.8 Å². The van der Waals surface area contributed by atoms with Gasteiger partial charge in [-0.2, -0.15) is 0 Å². The number of ketones is 1. The van der Waals surface area contributed by atoms with Crippen molar-refractivity contribution in [2.24, 2.45) is 0 Å². The number of rotatable bonds is 12. The Morgan fingerprint density at radius 1 is 0.903 bits per heavy atom. The summed E-state index contributed by atoms with van der Waals surface area (Å²) in [6.07, 6.45) is 3.21. The Hall–Kier alpha value is -3.15. The number of esters is 1. The second-order valence-electron chi connectivity index (χ2n) is 7.48. The molecule has 0 saturated heterocycles. The fourth-order valence-electron chi connectivity index (χ4n) is 3.04. The molecule has 31 heavy (non-hydrogen) atoms. The van der Waals surface area contributed by atoms with E-state index in [1.807, 2.05) is 32.0 Å². The number of benzene rings is 2. The van der Waals surface area contributed by atoms with E-state index in [9.17, 15) is 14.4 Å². The smallest absolute Gasteiger partial charge is 0.306 e. The summed E-state index contributed by atoms with van der Waals surface area (Å²) in [5.74, 6) is -0.427. The lowest BCUT2D eigenvalue weighted by Gasteiger charge is -2.11. The van der Waals surface area contributed by atoms with Crippen molar-refractivity contribution >= 4 is 23.3 Å². The molecule has 0 saturated carbocycles. The summed E-state index contributed by atoms with van der Waals surface area (Å²) in [7, 11) is 0. The molecule has 0 heterocycles. The Kier molecular flexibility index (Phi) is 9.75. The van der Waals surface area contributed by atoms with Gasteiger partial charge >= 0.3 is 5.97 Å². The second kappa shape index (κ2) is 12.5. The van der Waals surface area contributed by atoms with Crippen molar-refractivity contribution in [2.45, 2.75) is 52.9 Å².